The summed E-state index contributed by atoms with van der Waals surface area (Å²) in [6, 6.07) is 9.30. The third kappa shape index (κ3) is 6.81. The van der Waals surface area contributed by atoms with Crippen molar-refractivity contribution in [3.05, 3.63) is 53.6 Å². The van der Waals surface area contributed by atoms with Crippen LogP contribution in [0.15, 0.2) is 42.5 Å². The summed E-state index contributed by atoms with van der Waals surface area (Å²) in [6.45, 7) is 0. The molecule has 9 nitrogen and oxygen atoms in total. The van der Waals surface area contributed by atoms with Crippen LogP contribution in [0.2, 0.25) is 0 Å². The zero-order chi connectivity index (χ0) is 18.7. The molecule has 0 saturated carbocycles. The number of hydrogen-bond acceptors (Lipinski definition) is 7. The molecule has 0 radical (unpaired) electrons. The summed E-state index contributed by atoms with van der Waals surface area (Å²) in [6.07, 6.45) is 3.03. The Balaban J connectivity index is 2.39. The van der Waals surface area contributed by atoms with Gasteiger partial charge in [-0.25, -0.2) is 0 Å². The van der Waals surface area contributed by atoms with Crippen LogP contribution in [0.4, 0.5) is 0 Å². The molecule has 0 atom stereocenters. The van der Waals surface area contributed by atoms with Gasteiger partial charge in [0, 0.05) is 6.07 Å². The molecule has 0 bridgehead atoms. The Morgan fingerprint density at radius 1 is 0.720 bits per heavy atom. The predicted octanol–water partition coefficient (Wildman–Crippen LogP) is 1.93. The molecule has 0 aliphatic rings. The van der Waals surface area contributed by atoms with Crippen LogP contribution < -0.4 is 8.37 Å². The third-order valence-corrected chi connectivity index (χ3v) is 3.47. The van der Waals surface area contributed by atoms with Crippen molar-refractivity contribution >= 4 is 33.0 Å². The van der Waals surface area contributed by atoms with Crippen LogP contribution in [-0.2, 0) is 20.8 Å². The minimum atomic E-state index is -4.85. The molecule has 0 aliphatic heterocycles. The minimum absolute atomic E-state index is 0.0736. The van der Waals surface area contributed by atoms with E-state index in [1.54, 1.807) is 18.2 Å². The van der Waals surface area contributed by atoms with E-state index < -0.39 is 32.3 Å². The fraction of sp³-hybridized carbons (Fsp3) is 0. The van der Waals surface area contributed by atoms with E-state index in [2.05, 4.69) is 8.37 Å². The zero-order valence-electron chi connectivity index (χ0n) is 12.3. The highest BCUT2D eigenvalue weighted by Gasteiger charge is 2.13. The largest absolute Gasteiger partial charge is 0.508 e. The van der Waals surface area contributed by atoms with Crippen molar-refractivity contribution in [1.82, 2.24) is 0 Å². The molecular weight excluding hydrogens is 376 g/mol. The second-order valence-corrected chi connectivity index (χ2v) is 6.73. The molecule has 2 aromatic rings. The van der Waals surface area contributed by atoms with Gasteiger partial charge in [-0.15, -0.1) is 0 Å². The Morgan fingerprint density at radius 3 is 1.60 bits per heavy atom. The van der Waals surface area contributed by atoms with Crippen LogP contribution in [0.5, 0.6) is 17.2 Å². The lowest BCUT2D eigenvalue weighted by Gasteiger charge is -2.07. The Kier molecular flexibility index (Phi) is 5.33. The number of benzene rings is 2. The first-order chi connectivity index (χ1) is 11.5. The van der Waals surface area contributed by atoms with E-state index >= 15 is 0 Å². The van der Waals surface area contributed by atoms with Gasteiger partial charge in [0.2, 0.25) is 0 Å². The van der Waals surface area contributed by atoms with Crippen LogP contribution in [-0.4, -0.2) is 31.0 Å². The van der Waals surface area contributed by atoms with E-state index in [-0.39, 0.29) is 11.3 Å². The van der Waals surface area contributed by atoms with Crippen molar-refractivity contribution in [2.45, 2.75) is 0 Å². The van der Waals surface area contributed by atoms with Crippen LogP contribution in [0.1, 0.15) is 11.1 Å². The number of hydrogen-bond donors (Lipinski definition) is 3. The molecule has 0 spiro atoms. The lowest BCUT2D eigenvalue weighted by molar-refractivity contribution is 0.382. The van der Waals surface area contributed by atoms with Gasteiger partial charge in [0.25, 0.3) is 0 Å². The second kappa shape index (κ2) is 7.11. The van der Waals surface area contributed by atoms with E-state index in [0.29, 0.717) is 5.56 Å². The molecule has 0 unspecified atom stereocenters. The van der Waals surface area contributed by atoms with Crippen LogP contribution in [0.25, 0.3) is 12.2 Å². The van der Waals surface area contributed by atoms with Crippen molar-refractivity contribution in [1.29, 1.82) is 0 Å². The molecule has 0 amide bonds. The van der Waals surface area contributed by atoms with Crippen molar-refractivity contribution < 1.29 is 39.4 Å². The topological polar surface area (TPSA) is 147 Å². The highest BCUT2D eigenvalue weighted by molar-refractivity contribution is 7.81. The smallest absolute Gasteiger partial charge is 0.446 e. The van der Waals surface area contributed by atoms with Crippen LogP contribution in [0, 0.1) is 0 Å². The molecule has 0 heterocycles. The van der Waals surface area contributed by atoms with Gasteiger partial charge in [0.1, 0.15) is 17.2 Å². The molecule has 0 aromatic heterocycles. The number of phenols is 1. The van der Waals surface area contributed by atoms with Gasteiger partial charge in [0.05, 0.1) is 0 Å². The molecule has 25 heavy (non-hydrogen) atoms. The lowest BCUT2D eigenvalue weighted by atomic mass is 10.1. The summed E-state index contributed by atoms with van der Waals surface area (Å²) in [5.41, 5.74) is 0.920. The molecular formula is C14H12O9S2. The first kappa shape index (κ1) is 18.7. The Bertz CT molecular complexity index is 939. The average molecular weight is 388 g/mol. The Hall–Kier alpha value is -2.60. The summed E-state index contributed by atoms with van der Waals surface area (Å²) in [4.78, 5) is 0. The molecule has 2 rings (SSSR count). The fourth-order valence-electron chi connectivity index (χ4n) is 1.81. The molecule has 11 heteroatoms. The van der Waals surface area contributed by atoms with Gasteiger partial charge in [-0.05, 0) is 35.4 Å². The Labute approximate surface area is 143 Å². The number of rotatable bonds is 6. The van der Waals surface area contributed by atoms with Crippen LogP contribution in [0.3, 0.4) is 0 Å². The highest BCUT2D eigenvalue weighted by Crippen LogP contribution is 2.26. The van der Waals surface area contributed by atoms with Crippen molar-refractivity contribution in [2.24, 2.45) is 0 Å². The monoisotopic (exact) mass is 388 g/mol. The summed E-state index contributed by atoms with van der Waals surface area (Å²) in [5, 5.41) is 9.21. The summed E-state index contributed by atoms with van der Waals surface area (Å²) >= 11 is 0. The molecule has 3 N–H and O–H groups in total. The normalized spacial score (nSPS) is 12.2. The van der Waals surface area contributed by atoms with E-state index in [1.165, 1.54) is 30.3 Å². The van der Waals surface area contributed by atoms with Crippen molar-refractivity contribution in [3.63, 3.8) is 0 Å². The standard InChI is InChI=1S/C14H12O9S2/c15-12-5-3-10(4-6-12)1-2-11-7-13(22-24(16,17)18)9-14(8-11)23-25(19,20)21/h1-9,15H,(H,16,17,18)(H,19,20,21)/b2-1+. The third-order valence-electron chi connectivity index (χ3n) is 2.67. The predicted molar refractivity (Wildman–Crippen MR) is 87.8 cm³/mol. The van der Waals surface area contributed by atoms with Crippen molar-refractivity contribution in [3.8, 4) is 17.2 Å². The first-order valence-corrected chi connectivity index (χ1v) is 9.19. The maximum absolute atomic E-state index is 10.8. The van der Waals surface area contributed by atoms with E-state index in [9.17, 15) is 21.9 Å². The van der Waals surface area contributed by atoms with E-state index in [0.717, 1.165) is 6.07 Å². The molecule has 0 saturated heterocycles. The quantitative estimate of drug-likeness (QED) is 0.498. The molecule has 0 aliphatic carbocycles. The lowest BCUT2D eigenvalue weighted by Crippen LogP contribution is -2.09. The van der Waals surface area contributed by atoms with Gasteiger partial charge < -0.3 is 13.5 Å². The first-order valence-electron chi connectivity index (χ1n) is 6.46. The summed E-state index contributed by atoms with van der Waals surface area (Å²) in [5.74, 6) is -0.799. The number of aromatic hydroxyl groups is 1. The molecule has 0 fully saturated rings. The van der Waals surface area contributed by atoms with Gasteiger partial charge in [0.15, 0.2) is 0 Å². The van der Waals surface area contributed by atoms with E-state index in [4.69, 9.17) is 9.11 Å². The fourth-order valence-corrected chi connectivity index (χ4v) is 2.49. The second-order valence-electron chi connectivity index (χ2n) is 4.68. The van der Waals surface area contributed by atoms with E-state index in [1.807, 2.05) is 0 Å². The highest BCUT2D eigenvalue weighted by atomic mass is 32.3. The van der Waals surface area contributed by atoms with Gasteiger partial charge >= 0.3 is 20.8 Å². The van der Waals surface area contributed by atoms with Gasteiger partial charge in [-0.1, -0.05) is 24.3 Å². The van der Waals surface area contributed by atoms with Crippen LogP contribution >= 0.6 is 0 Å². The van der Waals surface area contributed by atoms with Gasteiger partial charge in [-0.2, -0.15) is 16.8 Å². The average Bonchev–Trinajstić information content (AvgIpc) is 2.42. The Morgan fingerprint density at radius 2 is 1.16 bits per heavy atom. The summed E-state index contributed by atoms with van der Waals surface area (Å²) in [7, 11) is -9.69. The maximum Gasteiger partial charge on any atom is 0.446 e. The number of phenolic OH excluding ortho intramolecular Hbond substituents is 1. The maximum atomic E-state index is 10.8. The SMILES string of the molecule is O=S(=O)(O)Oc1cc(/C=C/c2ccc(O)cc2)cc(OS(=O)(=O)O)c1. The zero-order valence-corrected chi connectivity index (χ0v) is 13.9. The van der Waals surface area contributed by atoms with Gasteiger partial charge in [-0.3, -0.25) is 9.11 Å². The van der Waals surface area contributed by atoms with Crippen molar-refractivity contribution in [2.75, 3.05) is 0 Å². The molecule has 134 valence electrons. The minimum Gasteiger partial charge on any atom is -0.508 e. The summed E-state index contributed by atoms with van der Waals surface area (Å²) < 4.78 is 69.2. The molecule has 2 aromatic carbocycles.